The number of methoxy groups -OCH3 is 1. The first kappa shape index (κ1) is 14.8. The third kappa shape index (κ3) is 2.22. The summed E-state index contributed by atoms with van der Waals surface area (Å²) in [6, 6.07) is 3.34. The third-order valence-electron chi connectivity index (χ3n) is 4.26. The van der Waals surface area contributed by atoms with Crippen LogP contribution in [-0.2, 0) is 19.9 Å². The minimum Gasteiger partial charge on any atom is -0.426 e. The number of benzene rings is 1. The van der Waals surface area contributed by atoms with E-state index >= 15 is 0 Å². The second kappa shape index (κ2) is 5.25. The molecule has 0 radical (unpaired) electrons. The highest BCUT2D eigenvalue weighted by Gasteiger charge is 2.45. The normalized spacial score (nSPS) is 24.8. The van der Waals surface area contributed by atoms with Crippen LogP contribution in [0.25, 0.3) is 0 Å². The van der Waals surface area contributed by atoms with E-state index in [9.17, 15) is 9.59 Å². The molecule has 2 atom stereocenters. The minimum atomic E-state index is -0.634. The maximum absolute atomic E-state index is 11.4. The fraction of sp³-hybridized carbons (Fsp3) is 0.412. The van der Waals surface area contributed by atoms with Crippen LogP contribution in [0.15, 0.2) is 24.3 Å². The van der Waals surface area contributed by atoms with Gasteiger partial charge >= 0.3 is 11.9 Å². The van der Waals surface area contributed by atoms with E-state index < -0.39 is 5.60 Å². The summed E-state index contributed by atoms with van der Waals surface area (Å²) in [5, 5.41) is 0. The Morgan fingerprint density at radius 2 is 1.77 bits per heavy atom. The smallest absolute Gasteiger partial charge is 0.308 e. The number of fused-ring (bicyclic) bond motifs is 1. The van der Waals surface area contributed by atoms with E-state index in [0.29, 0.717) is 11.5 Å². The van der Waals surface area contributed by atoms with Crippen molar-refractivity contribution < 1.29 is 23.8 Å². The highest BCUT2D eigenvalue weighted by Crippen LogP contribution is 2.55. The van der Waals surface area contributed by atoms with Crippen molar-refractivity contribution in [1.29, 1.82) is 0 Å². The van der Waals surface area contributed by atoms with Gasteiger partial charge in [0.15, 0.2) is 0 Å². The van der Waals surface area contributed by atoms with Gasteiger partial charge in [0.05, 0.1) is 0 Å². The standard InChI is InChI=1S/C17H18O5/c1-10(18)21-13-4-5-14(22-11(2)19)16-15(13)12-6-8-17(16,20-3)9-7-12/h4-6,8,12H,7,9H2,1-3H3/t12-,17-/m1/s1. The van der Waals surface area contributed by atoms with Gasteiger partial charge in [-0.3, -0.25) is 9.59 Å². The molecule has 0 aromatic heterocycles. The molecule has 0 N–H and O–H groups in total. The Bertz CT molecular complexity index is 676. The molecular formula is C17H18O5. The molecule has 0 heterocycles. The first-order valence-corrected chi connectivity index (χ1v) is 7.25. The Hall–Kier alpha value is -2.14. The number of carbonyl (C=O) groups is 2. The highest BCUT2D eigenvalue weighted by atomic mass is 16.5. The van der Waals surface area contributed by atoms with Crippen LogP contribution < -0.4 is 9.47 Å². The van der Waals surface area contributed by atoms with E-state index in [-0.39, 0.29) is 17.9 Å². The molecule has 4 rings (SSSR count). The molecule has 116 valence electrons. The van der Waals surface area contributed by atoms with Crippen LogP contribution in [0.4, 0.5) is 0 Å². The molecule has 0 saturated carbocycles. The number of ether oxygens (including phenoxy) is 3. The van der Waals surface area contributed by atoms with Crippen molar-refractivity contribution in [2.75, 3.05) is 7.11 Å². The lowest BCUT2D eigenvalue weighted by molar-refractivity contribution is -0.133. The van der Waals surface area contributed by atoms with Crippen molar-refractivity contribution in [1.82, 2.24) is 0 Å². The van der Waals surface area contributed by atoms with Crippen molar-refractivity contribution in [3.8, 4) is 11.5 Å². The monoisotopic (exact) mass is 302 g/mol. The van der Waals surface area contributed by atoms with Gasteiger partial charge in [-0.25, -0.2) is 0 Å². The fourth-order valence-electron chi connectivity index (χ4n) is 3.41. The summed E-state index contributed by atoms with van der Waals surface area (Å²) in [5.74, 6) is 0.346. The second-order valence-electron chi connectivity index (χ2n) is 5.64. The van der Waals surface area contributed by atoms with Gasteiger partial charge < -0.3 is 14.2 Å². The van der Waals surface area contributed by atoms with E-state index in [0.717, 1.165) is 24.0 Å². The SMILES string of the molecule is CO[C@]12C=C[C@H](CC1)c1c(OC(C)=O)ccc(OC(C)=O)c12. The minimum absolute atomic E-state index is 0.136. The number of rotatable bonds is 3. The Morgan fingerprint density at radius 3 is 2.32 bits per heavy atom. The predicted molar refractivity (Wildman–Crippen MR) is 78.9 cm³/mol. The first-order valence-electron chi connectivity index (χ1n) is 7.25. The first-order chi connectivity index (χ1) is 10.5. The zero-order chi connectivity index (χ0) is 15.9. The van der Waals surface area contributed by atoms with Gasteiger partial charge in [-0.2, -0.15) is 0 Å². The molecule has 5 nitrogen and oxygen atoms in total. The summed E-state index contributed by atoms with van der Waals surface area (Å²) in [4.78, 5) is 22.8. The zero-order valence-electron chi connectivity index (χ0n) is 12.8. The number of hydrogen-bond acceptors (Lipinski definition) is 5. The van der Waals surface area contributed by atoms with Gasteiger partial charge in [-0.15, -0.1) is 0 Å². The van der Waals surface area contributed by atoms with E-state index in [1.807, 2.05) is 6.08 Å². The maximum atomic E-state index is 11.4. The fourth-order valence-corrected chi connectivity index (χ4v) is 3.41. The maximum Gasteiger partial charge on any atom is 0.308 e. The molecule has 1 aromatic rings. The van der Waals surface area contributed by atoms with Crippen molar-refractivity contribution in [3.05, 3.63) is 35.4 Å². The van der Waals surface area contributed by atoms with Crippen LogP contribution in [0, 0.1) is 0 Å². The van der Waals surface area contributed by atoms with Crippen molar-refractivity contribution >= 4 is 11.9 Å². The van der Waals surface area contributed by atoms with Gasteiger partial charge in [-0.1, -0.05) is 12.2 Å². The predicted octanol–water partition coefficient (Wildman–Crippen LogP) is 2.83. The number of hydrogen-bond donors (Lipinski definition) is 0. The Labute approximate surface area is 128 Å². The molecule has 2 bridgehead atoms. The topological polar surface area (TPSA) is 61.8 Å². The van der Waals surface area contributed by atoms with Gasteiger partial charge in [0, 0.05) is 38.0 Å². The van der Waals surface area contributed by atoms with E-state index in [4.69, 9.17) is 14.2 Å². The van der Waals surface area contributed by atoms with Gasteiger partial charge in [0.2, 0.25) is 0 Å². The van der Waals surface area contributed by atoms with Crippen LogP contribution in [0.2, 0.25) is 0 Å². The summed E-state index contributed by atoms with van der Waals surface area (Å²) in [5.41, 5.74) is 1.04. The molecule has 1 aromatic carbocycles. The molecule has 0 amide bonds. The quantitative estimate of drug-likeness (QED) is 0.488. The van der Waals surface area contributed by atoms with Crippen molar-refractivity contribution in [2.45, 2.75) is 38.2 Å². The van der Waals surface area contributed by atoms with Crippen LogP contribution in [-0.4, -0.2) is 19.0 Å². The Kier molecular flexibility index (Phi) is 3.53. The summed E-state index contributed by atoms with van der Waals surface area (Å²) in [6.07, 6.45) is 5.78. The zero-order valence-corrected chi connectivity index (χ0v) is 12.8. The average Bonchev–Trinajstić information content (AvgIpc) is 2.49. The molecule has 0 fully saturated rings. The lowest BCUT2D eigenvalue weighted by Crippen LogP contribution is -2.36. The van der Waals surface area contributed by atoms with E-state index in [2.05, 4.69) is 6.08 Å². The second-order valence-corrected chi connectivity index (χ2v) is 5.64. The van der Waals surface area contributed by atoms with Gasteiger partial charge in [0.25, 0.3) is 0 Å². The van der Waals surface area contributed by atoms with Crippen molar-refractivity contribution in [2.24, 2.45) is 0 Å². The Morgan fingerprint density at radius 1 is 1.14 bits per heavy atom. The van der Waals surface area contributed by atoms with Crippen LogP contribution >= 0.6 is 0 Å². The molecule has 0 aliphatic heterocycles. The van der Waals surface area contributed by atoms with Crippen molar-refractivity contribution in [3.63, 3.8) is 0 Å². The number of esters is 2. The Balaban J connectivity index is 2.22. The molecule has 0 unspecified atom stereocenters. The molecule has 0 saturated heterocycles. The molecular weight excluding hydrogens is 284 g/mol. The summed E-state index contributed by atoms with van der Waals surface area (Å²) in [6.45, 7) is 2.73. The number of allylic oxidation sites excluding steroid dienone is 1. The molecule has 3 aliphatic carbocycles. The largest absolute Gasteiger partial charge is 0.426 e. The average molecular weight is 302 g/mol. The summed E-state index contributed by atoms with van der Waals surface area (Å²) in [7, 11) is 1.63. The number of carbonyl (C=O) groups excluding carboxylic acids is 2. The van der Waals surface area contributed by atoms with E-state index in [1.165, 1.54) is 13.8 Å². The lowest BCUT2D eigenvalue weighted by Gasteiger charge is -2.43. The lowest BCUT2D eigenvalue weighted by atomic mass is 9.68. The van der Waals surface area contributed by atoms with Gasteiger partial charge in [-0.05, 0) is 25.0 Å². The molecule has 3 aliphatic rings. The van der Waals surface area contributed by atoms with Crippen LogP contribution in [0.1, 0.15) is 43.7 Å². The highest BCUT2D eigenvalue weighted by molar-refractivity contribution is 5.74. The van der Waals surface area contributed by atoms with Gasteiger partial charge in [0.1, 0.15) is 17.1 Å². The molecule has 0 spiro atoms. The summed E-state index contributed by atoms with van der Waals surface area (Å²) >= 11 is 0. The van der Waals surface area contributed by atoms with Crippen LogP contribution in [0.5, 0.6) is 11.5 Å². The third-order valence-corrected chi connectivity index (χ3v) is 4.26. The molecule has 22 heavy (non-hydrogen) atoms. The van der Waals surface area contributed by atoms with Crippen LogP contribution in [0.3, 0.4) is 0 Å². The summed E-state index contributed by atoms with van der Waals surface area (Å²) < 4.78 is 16.5. The molecule has 5 heteroatoms. The van der Waals surface area contributed by atoms with E-state index in [1.54, 1.807) is 19.2 Å².